The van der Waals surface area contributed by atoms with E-state index in [1.54, 1.807) is 12.1 Å². The fraction of sp³-hybridized carbons (Fsp3) is 0.588. The third-order valence-electron chi connectivity index (χ3n) is 3.75. The molecule has 0 saturated heterocycles. The highest BCUT2D eigenvalue weighted by Crippen LogP contribution is 2.28. The summed E-state index contributed by atoms with van der Waals surface area (Å²) in [4.78, 5) is 4.54. The van der Waals surface area contributed by atoms with Crippen molar-refractivity contribution in [3.05, 3.63) is 35.4 Å². The van der Waals surface area contributed by atoms with Crippen molar-refractivity contribution in [2.75, 3.05) is 13.2 Å². The molecule has 0 bridgehead atoms. The van der Waals surface area contributed by atoms with E-state index >= 15 is 0 Å². The number of guanidine groups is 1. The zero-order valence-corrected chi connectivity index (χ0v) is 16.7. The molecule has 8 heteroatoms. The number of aliphatic imine (C=N–C) groups is 1. The predicted octanol–water partition coefficient (Wildman–Crippen LogP) is 3.85. The molecule has 2 unspecified atom stereocenters. The first-order chi connectivity index (χ1) is 11.4. The molecule has 25 heavy (non-hydrogen) atoms. The Morgan fingerprint density at radius 1 is 1.24 bits per heavy atom. The highest BCUT2D eigenvalue weighted by molar-refractivity contribution is 14.0. The first-order valence-corrected chi connectivity index (χ1v) is 8.14. The zero-order valence-electron chi connectivity index (χ0n) is 14.4. The van der Waals surface area contributed by atoms with Crippen molar-refractivity contribution in [3.63, 3.8) is 0 Å². The van der Waals surface area contributed by atoms with Crippen LogP contribution in [0, 0.1) is 5.92 Å². The second kappa shape index (κ2) is 10.2. The number of nitrogens with zero attached hydrogens (tertiary/aromatic N) is 1. The van der Waals surface area contributed by atoms with Gasteiger partial charge in [-0.05, 0) is 30.4 Å². The lowest BCUT2D eigenvalue weighted by Crippen LogP contribution is -2.39. The quantitative estimate of drug-likeness (QED) is 0.361. The van der Waals surface area contributed by atoms with Crippen molar-refractivity contribution in [3.8, 4) is 0 Å². The molecular formula is C17H25F3IN3O. The second-order valence-electron chi connectivity index (χ2n) is 6.08. The van der Waals surface area contributed by atoms with Gasteiger partial charge in [-0.3, -0.25) is 0 Å². The minimum absolute atomic E-state index is 0. The van der Waals surface area contributed by atoms with E-state index < -0.39 is 12.8 Å². The third-order valence-corrected chi connectivity index (χ3v) is 3.75. The molecule has 0 aromatic heterocycles. The summed E-state index contributed by atoms with van der Waals surface area (Å²) < 4.78 is 40.7. The average molecular weight is 471 g/mol. The molecule has 2 N–H and O–H groups in total. The van der Waals surface area contributed by atoms with Gasteiger partial charge < -0.3 is 15.4 Å². The fourth-order valence-electron chi connectivity index (χ4n) is 2.21. The Labute approximate surface area is 163 Å². The molecule has 0 amide bonds. The molecule has 2 atom stereocenters. The van der Waals surface area contributed by atoms with Gasteiger partial charge in [-0.1, -0.05) is 31.2 Å². The monoisotopic (exact) mass is 471 g/mol. The van der Waals surface area contributed by atoms with Gasteiger partial charge in [0.05, 0.1) is 13.2 Å². The molecule has 1 aromatic carbocycles. The van der Waals surface area contributed by atoms with E-state index in [-0.39, 0.29) is 30.6 Å². The number of rotatable bonds is 7. The molecule has 1 aliphatic rings. The maximum absolute atomic E-state index is 12.0. The minimum Gasteiger partial charge on any atom is -0.367 e. The van der Waals surface area contributed by atoms with Crippen LogP contribution < -0.4 is 10.6 Å². The molecule has 142 valence electrons. The van der Waals surface area contributed by atoms with E-state index in [2.05, 4.69) is 27.3 Å². The number of halogens is 4. The summed E-state index contributed by atoms with van der Waals surface area (Å²) in [5.74, 6) is 1.48. The summed E-state index contributed by atoms with van der Waals surface area (Å²) in [6.45, 7) is 4.25. The van der Waals surface area contributed by atoms with Gasteiger partial charge >= 0.3 is 6.18 Å². The van der Waals surface area contributed by atoms with Crippen LogP contribution in [0.5, 0.6) is 0 Å². The molecule has 0 radical (unpaired) electrons. The maximum Gasteiger partial charge on any atom is 0.411 e. The van der Waals surface area contributed by atoms with Crippen molar-refractivity contribution in [2.45, 2.75) is 45.6 Å². The number of hydrogen-bond acceptors (Lipinski definition) is 2. The summed E-state index contributed by atoms with van der Waals surface area (Å²) in [6.07, 6.45) is -3.12. The molecule has 0 heterocycles. The highest BCUT2D eigenvalue weighted by Gasteiger charge is 2.33. The molecule has 1 aliphatic carbocycles. The van der Waals surface area contributed by atoms with E-state index in [1.807, 2.05) is 19.1 Å². The molecule has 0 aliphatic heterocycles. The van der Waals surface area contributed by atoms with Gasteiger partial charge in [0.15, 0.2) is 5.96 Å². The van der Waals surface area contributed by atoms with Crippen molar-refractivity contribution < 1.29 is 17.9 Å². The van der Waals surface area contributed by atoms with E-state index in [0.29, 0.717) is 24.1 Å². The number of ether oxygens (including phenoxy) is 1. The smallest absolute Gasteiger partial charge is 0.367 e. The Kier molecular flexibility index (Phi) is 8.98. The number of alkyl halides is 3. The minimum atomic E-state index is -4.29. The van der Waals surface area contributed by atoms with Gasteiger partial charge in [0, 0.05) is 12.6 Å². The van der Waals surface area contributed by atoms with Crippen LogP contribution in [-0.2, 0) is 17.9 Å². The third kappa shape index (κ3) is 8.75. The molecule has 4 nitrogen and oxygen atoms in total. The first kappa shape index (κ1) is 22.0. The van der Waals surface area contributed by atoms with Crippen molar-refractivity contribution in [2.24, 2.45) is 10.9 Å². The molecule has 1 fully saturated rings. The average Bonchev–Trinajstić information content (AvgIpc) is 3.20. The Hall–Kier alpha value is -1.03. The summed E-state index contributed by atoms with van der Waals surface area (Å²) in [5, 5.41) is 6.59. The number of nitrogens with one attached hydrogen (secondary N) is 2. The number of benzene rings is 1. The van der Waals surface area contributed by atoms with Crippen LogP contribution in [0.15, 0.2) is 29.3 Å². The van der Waals surface area contributed by atoms with Gasteiger partial charge in [-0.15, -0.1) is 24.0 Å². The molecule has 1 saturated carbocycles. The Balaban J connectivity index is 0.00000312. The van der Waals surface area contributed by atoms with E-state index in [4.69, 9.17) is 0 Å². The summed E-state index contributed by atoms with van der Waals surface area (Å²) in [7, 11) is 0. The van der Waals surface area contributed by atoms with Crippen molar-refractivity contribution >= 4 is 29.9 Å². The Bertz CT molecular complexity index is 549. The van der Waals surface area contributed by atoms with Gasteiger partial charge in [0.2, 0.25) is 0 Å². The summed E-state index contributed by atoms with van der Waals surface area (Å²) >= 11 is 0. The lowest BCUT2D eigenvalue weighted by atomic mass is 10.1. The molecule has 0 spiro atoms. The largest absolute Gasteiger partial charge is 0.411 e. The zero-order chi connectivity index (χ0) is 17.6. The van der Waals surface area contributed by atoms with Gasteiger partial charge in [0.25, 0.3) is 0 Å². The Morgan fingerprint density at radius 3 is 2.36 bits per heavy atom. The van der Waals surface area contributed by atoms with Crippen LogP contribution in [0.2, 0.25) is 0 Å². The molecular weight excluding hydrogens is 446 g/mol. The van der Waals surface area contributed by atoms with Crippen LogP contribution in [0.4, 0.5) is 13.2 Å². The van der Waals surface area contributed by atoms with Gasteiger partial charge in [-0.2, -0.15) is 13.2 Å². The maximum atomic E-state index is 12.0. The lowest BCUT2D eigenvalue weighted by Gasteiger charge is -2.11. The summed E-state index contributed by atoms with van der Waals surface area (Å²) in [5.41, 5.74) is 1.71. The van der Waals surface area contributed by atoms with Crippen molar-refractivity contribution in [1.29, 1.82) is 0 Å². The van der Waals surface area contributed by atoms with E-state index in [9.17, 15) is 13.2 Å². The molecule has 2 rings (SSSR count). The van der Waals surface area contributed by atoms with Gasteiger partial charge in [-0.25, -0.2) is 4.99 Å². The fourth-order valence-corrected chi connectivity index (χ4v) is 2.21. The van der Waals surface area contributed by atoms with Crippen LogP contribution in [0.1, 0.15) is 31.4 Å². The topological polar surface area (TPSA) is 45.7 Å². The van der Waals surface area contributed by atoms with Gasteiger partial charge in [0.1, 0.15) is 6.61 Å². The standard InChI is InChI=1S/C17H24F3N3O.HI/c1-3-21-16(23-15-8-12(15)2)22-9-13-4-6-14(7-5-13)10-24-11-17(18,19)20;/h4-7,12,15H,3,8-11H2,1-2H3,(H2,21,22,23);1H. The highest BCUT2D eigenvalue weighted by atomic mass is 127. The first-order valence-electron chi connectivity index (χ1n) is 8.14. The normalized spacial score (nSPS) is 20.0. The predicted molar refractivity (Wildman–Crippen MR) is 103 cm³/mol. The van der Waals surface area contributed by atoms with Crippen LogP contribution in [0.25, 0.3) is 0 Å². The number of hydrogen-bond donors (Lipinski definition) is 2. The Morgan fingerprint density at radius 2 is 1.84 bits per heavy atom. The second-order valence-corrected chi connectivity index (χ2v) is 6.08. The summed E-state index contributed by atoms with van der Waals surface area (Å²) in [6, 6.07) is 7.75. The lowest BCUT2D eigenvalue weighted by molar-refractivity contribution is -0.176. The van der Waals surface area contributed by atoms with E-state index in [1.165, 1.54) is 0 Å². The van der Waals surface area contributed by atoms with Crippen molar-refractivity contribution in [1.82, 2.24) is 10.6 Å². The van der Waals surface area contributed by atoms with Crippen LogP contribution >= 0.6 is 24.0 Å². The van der Waals surface area contributed by atoms with Crippen LogP contribution in [-0.4, -0.2) is 31.3 Å². The van der Waals surface area contributed by atoms with Crippen LogP contribution in [0.3, 0.4) is 0 Å². The van der Waals surface area contributed by atoms with E-state index in [0.717, 1.165) is 24.5 Å². The SMILES string of the molecule is CCNC(=NCc1ccc(COCC(F)(F)F)cc1)NC1CC1C.I. The molecule has 1 aromatic rings.